The van der Waals surface area contributed by atoms with Gasteiger partial charge < -0.3 is 9.84 Å². The lowest BCUT2D eigenvalue weighted by Crippen LogP contribution is -2.06. The van der Waals surface area contributed by atoms with Gasteiger partial charge in [0.25, 0.3) is 0 Å². The van der Waals surface area contributed by atoms with E-state index in [4.69, 9.17) is 9.84 Å². The van der Waals surface area contributed by atoms with Crippen LogP contribution in [0.2, 0.25) is 0 Å². The molecule has 1 N–H and O–H groups in total. The smallest absolute Gasteiger partial charge is 0.339 e. The van der Waals surface area contributed by atoms with Gasteiger partial charge in [-0.15, -0.1) is 11.8 Å². The summed E-state index contributed by atoms with van der Waals surface area (Å²) < 4.78 is 6.39. The number of rotatable bonds is 6. The van der Waals surface area contributed by atoms with Crippen LogP contribution in [0.25, 0.3) is 0 Å². The van der Waals surface area contributed by atoms with Crippen LogP contribution in [-0.2, 0) is 0 Å². The van der Waals surface area contributed by atoms with Crippen molar-refractivity contribution >= 4 is 33.7 Å². The summed E-state index contributed by atoms with van der Waals surface area (Å²) >= 11 is 5.00. The van der Waals surface area contributed by atoms with Gasteiger partial charge in [0, 0.05) is 15.1 Å². The fraction of sp³-hybridized carbons (Fsp3) is 0.188. The molecule has 2 aromatic carbocycles. The molecule has 0 unspecified atom stereocenters. The van der Waals surface area contributed by atoms with Crippen molar-refractivity contribution in [3.8, 4) is 5.75 Å². The van der Waals surface area contributed by atoms with E-state index in [0.29, 0.717) is 12.4 Å². The minimum Gasteiger partial charge on any atom is -0.492 e. The van der Waals surface area contributed by atoms with E-state index in [-0.39, 0.29) is 5.56 Å². The summed E-state index contributed by atoms with van der Waals surface area (Å²) in [7, 11) is 0. The maximum absolute atomic E-state index is 11.1. The van der Waals surface area contributed by atoms with E-state index in [1.807, 2.05) is 0 Å². The Morgan fingerprint density at radius 1 is 1.24 bits per heavy atom. The minimum absolute atomic E-state index is 0.179. The lowest BCUT2D eigenvalue weighted by molar-refractivity contribution is 0.0692. The van der Waals surface area contributed by atoms with Crippen LogP contribution in [0.4, 0.5) is 0 Å². The maximum atomic E-state index is 11.1. The molecule has 0 aromatic heterocycles. The number of thioether (sulfide) groups is 1. The number of hydrogen-bond donors (Lipinski definition) is 1. The third-order valence-electron chi connectivity index (χ3n) is 2.80. The molecule has 2 aromatic rings. The molecule has 0 saturated carbocycles. The molecule has 0 spiro atoms. The predicted octanol–water partition coefficient (Wildman–Crippen LogP) is 4.63. The van der Waals surface area contributed by atoms with Crippen LogP contribution in [0, 0.1) is 6.92 Å². The van der Waals surface area contributed by atoms with Crippen molar-refractivity contribution in [1.82, 2.24) is 0 Å². The van der Waals surface area contributed by atoms with Gasteiger partial charge in [-0.3, -0.25) is 0 Å². The number of aryl methyl sites for hydroxylation is 1. The first-order valence-corrected chi connectivity index (χ1v) is 8.19. The van der Waals surface area contributed by atoms with Crippen LogP contribution in [0.5, 0.6) is 5.75 Å². The molecule has 0 aliphatic heterocycles. The average Bonchev–Trinajstić information content (AvgIpc) is 2.45. The van der Waals surface area contributed by atoms with Gasteiger partial charge in [-0.2, -0.15) is 0 Å². The van der Waals surface area contributed by atoms with Crippen molar-refractivity contribution in [3.05, 3.63) is 58.1 Å². The quantitative estimate of drug-likeness (QED) is 0.598. The molecular formula is C16H15BrO3S. The monoisotopic (exact) mass is 366 g/mol. The molecule has 110 valence electrons. The van der Waals surface area contributed by atoms with Gasteiger partial charge in [-0.25, -0.2) is 4.79 Å². The fourth-order valence-electron chi connectivity index (χ4n) is 1.74. The average molecular weight is 367 g/mol. The van der Waals surface area contributed by atoms with Gasteiger partial charge in [-0.05, 0) is 37.3 Å². The summed E-state index contributed by atoms with van der Waals surface area (Å²) in [5.41, 5.74) is 1.41. The van der Waals surface area contributed by atoms with E-state index in [2.05, 4.69) is 47.1 Å². The summed E-state index contributed by atoms with van der Waals surface area (Å²) in [6.07, 6.45) is 0. The van der Waals surface area contributed by atoms with Crippen LogP contribution in [0.1, 0.15) is 15.9 Å². The summed E-state index contributed by atoms with van der Waals surface area (Å²) in [6.45, 7) is 2.51. The van der Waals surface area contributed by atoms with Crippen molar-refractivity contribution in [1.29, 1.82) is 0 Å². The number of carboxylic acid groups (broad SMARTS) is 1. The molecule has 5 heteroatoms. The fourth-order valence-corrected chi connectivity index (χ4v) is 2.81. The lowest BCUT2D eigenvalue weighted by Gasteiger charge is -2.09. The van der Waals surface area contributed by atoms with Crippen LogP contribution >= 0.6 is 27.7 Å². The number of carboxylic acids is 1. The van der Waals surface area contributed by atoms with Gasteiger partial charge in [-0.1, -0.05) is 33.6 Å². The first kappa shape index (κ1) is 15.9. The molecule has 0 amide bonds. The molecule has 0 atom stereocenters. The predicted molar refractivity (Wildman–Crippen MR) is 88.5 cm³/mol. The highest BCUT2D eigenvalue weighted by Gasteiger charge is 2.11. The van der Waals surface area contributed by atoms with Gasteiger partial charge in [0.05, 0.1) is 6.61 Å². The third kappa shape index (κ3) is 4.79. The standard InChI is InChI=1S/C16H15BrO3S/c1-11-2-5-13(6-3-11)21-9-8-20-15-10-12(17)4-7-14(15)16(18)19/h2-7,10H,8-9H2,1H3,(H,18,19). The van der Waals surface area contributed by atoms with Crippen LogP contribution in [0.15, 0.2) is 51.8 Å². The zero-order chi connectivity index (χ0) is 15.2. The number of hydrogen-bond acceptors (Lipinski definition) is 3. The second kappa shape index (κ2) is 7.52. The summed E-state index contributed by atoms with van der Waals surface area (Å²) in [4.78, 5) is 12.3. The molecule has 3 nitrogen and oxygen atoms in total. The third-order valence-corrected chi connectivity index (χ3v) is 4.27. The Hall–Kier alpha value is -1.46. The van der Waals surface area contributed by atoms with Crippen molar-refractivity contribution in [2.45, 2.75) is 11.8 Å². The summed E-state index contributed by atoms with van der Waals surface area (Å²) in [6, 6.07) is 13.2. The van der Waals surface area contributed by atoms with E-state index in [0.717, 1.165) is 10.2 Å². The minimum atomic E-state index is -0.983. The SMILES string of the molecule is Cc1ccc(SCCOc2cc(Br)ccc2C(=O)O)cc1. The molecule has 0 aliphatic carbocycles. The molecule has 0 radical (unpaired) electrons. The van der Waals surface area contributed by atoms with E-state index < -0.39 is 5.97 Å². The van der Waals surface area contributed by atoms with Gasteiger partial charge in [0.1, 0.15) is 11.3 Å². The molecular weight excluding hydrogens is 352 g/mol. The summed E-state index contributed by atoms with van der Waals surface area (Å²) in [5, 5.41) is 9.12. The second-order valence-electron chi connectivity index (χ2n) is 4.46. The first-order chi connectivity index (χ1) is 10.1. The topological polar surface area (TPSA) is 46.5 Å². The normalized spacial score (nSPS) is 10.4. The second-order valence-corrected chi connectivity index (χ2v) is 6.54. The molecule has 21 heavy (non-hydrogen) atoms. The van der Waals surface area contributed by atoms with E-state index in [9.17, 15) is 4.79 Å². The first-order valence-electron chi connectivity index (χ1n) is 6.41. The number of ether oxygens (including phenoxy) is 1. The van der Waals surface area contributed by atoms with Crippen LogP contribution in [0.3, 0.4) is 0 Å². The highest BCUT2D eigenvalue weighted by Crippen LogP contribution is 2.25. The lowest BCUT2D eigenvalue weighted by atomic mass is 10.2. The number of aromatic carboxylic acids is 1. The van der Waals surface area contributed by atoms with Gasteiger partial charge in [0.15, 0.2) is 0 Å². The molecule has 0 heterocycles. The number of carbonyl (C=O) groups is 1. The Labute approximate surface area is 136 Å². The van der Waals surface area contributed by atoms with Crippen molar-refractivity contribution < 1.29 is 14.6 Å². The molecule has 0 bridgehead atoms. The zero-order valence-corrected chi connectivity index (χ0v) is 13.9. The summed E-state index contributed by atoms with van der Waals surface area (Å²) in [5.74, 6) is 0.166. The van der Waals surface area contributed by atoms with Crippen molar-refractivity contribution in [3.63, 3.8) is 0 Å². The van der Waals surface area contributed by atoms with Crippen LogP contribution in [-0.4, -0.2) is 23.4 Å². The highest BCUT2D eigenvalue weighted by molar-refractivity contribution is 9.10. The van der Waals surface area contributed by atoms with Gasteiger partial charge >= 0.3 is 5.97 Å². The van der Waals surface area contributed by atoms with Gasteiger partial charge in [0.2, 0.25) is 0 Å². The van der Waals surface area contributed by atoms with Crippen LogP contribution < -0.4 is 4.74 Å². The zero-order valence-electron chi connectivity index (χ0n) is 11.5. The highest BCUT2D eigenvalue weighted by atomic mass is 79.9. The molecule has 2 rings (SSSR count). The Kier molecular flexibility index (Phi) is 5.70. The maximum Gasteiger partial charge on any atom is 0.339 e. The van der Waals surface area contributed by atoms with Crippen molar-refractivity contribution in [2.75, 3.05) is 12.4 Å². The van der Waals surface area contributed by atoms with E-state index >= 15 is 0 Å². The molecule has 0 aliphatic rings. The Morgan fingerprint density at radius 2 is 1.95 bits per heavy atom. The molecule has 0 fully saturated rings. The number of benzene rings is 2. The Balaban J connectivity index is 1.90. The number of halogens is 1. The largest absolute Gasteiger partial charge is 0.492 e. The Morgan fingerprint density at radius 3 is 2.62 bits per heavy atom. The van der Waals surface area contributed by atoms with E-state index in [1.54, 1.807) is 23.9 Å². The van der Waals surface area contributed by atoms with Crippen molar-refractivity contribution in [2.24, 2.45) is 0 Å². The van der Waals surface area contributed by atoms with E-state index in [1.165, 1.54) is 16.5 Å². The molecule has 0 saturated heterocycles. The Bertz CT molecular complexity index is 626.